The molecule has 0 aliphatic heterocycles. The molecule has 1 aromatic heterocycles. The summed E-state index contributed by atoms with van der Waals surface area (Å²) in [5, 5.41) is 14.6. The van der Waals surface area contributed by atoms with Crippen molar-refractivity contribution < 1.29 is 9.90 Å². The second-order valence-electron chi connectivity index (χ2n) is 5.01. The number of aromatic hydroxyl groups is 1. The van der Waals surface area contributed by atoms with Gasteiger partial charge in [-0.05, 0) is 35.9 Å². The monoisotopic (exact) mass is 346 g/mol. The van der Waals surface area contributed by atoms with Crippen LogP contribution in [0.4, 0.5) is 5.69 Å². The summed E-state index contributed by atoms with van der Waals surface area (Å²) in [6, 6.07) is 12.0. The number of phenolic OH excluding ortho intramolecular Hbond substituents is 1. The van der Waals surface area contributed by atoms with Gasteiger partial charge in [0.05, 0.1) is 17.1 Å². The Kier molecular flexibility index (Phi) is 4.37. The van der Waals surface area contributed by atoms with Crippen molar-refractivity contribution in [2.24, 2.45) is 0 Å². The van der Waals surface area contributed by atoms with Gasteiger partial charge in [-0.3, -0.25) is 9.78 Å². The van der Waals surface area contributed by atoms with Crippen LogP contribution in [-0.2, 0) is 11.2 Å². The van der Waals surface area contributed by atoms with Crippen molar-refractivity contribution >= 4 is 45.7 Å². The van der Waals surface area contributed by atoms with Crippen LogP contribution in [0.25, 0.3) is 10.9 Å². The van der Waals surface area contributed by atoms with Gasteiger partial charge in [0, 0.05) is 16.6 Å². The molecule has 3 aromatic rings. The smallest absolute Gasteiger partial charge is 0.228 e. The molecule has 0 aliphatic carbocycles. The molecule has 0 aliphatic rings. The zero-order chi connectivity index (χ0) is 16.4. The van der Waals surface area contributed by atoms with Crippen molar-refractivity contribution in [2.75, 3.05) is 5.32 Å². The molecule has 23 heavy (non-hydrogen) atoms. The number of nitrogens with one attached hydrogen (secondary N) is 1. The van der Waals surface area contributed by atoms with E-state index in [1.54, 1.807) is 42.6 Å². The summed E-state index contributed by atoms with van der Waals surface area (Å²) < 4.78 is 0. The lowest BCUT2D eigenvalue weighted by atomic mass is 10.1. The van der Waals surface area contributed by atoms with E-state index in [0.29, 0.717) is 20.9 Å². The van der Waals surface area contributed by atoms with Crippen LogP contribution in [0.15, 0.2) is 48.7 Å². The van der Waals surface area contributed by atoms with Crippen LogP contribution >= 0.6 is 23.2 Å². The van der Waals surface area contributed by atoms with Gasteiger partial charge in [0.25, 0.3) is 0 Å². The van der Waals surface area contributed by atoms with Crippen LogP contribution in [0, 0.1) is 0 Å². The van der Waals surface area contributed by atoms with Gasteiger partial charge in [0.1, 0.15) is 5.52 Å². The summed E-state index contributed by atoms with van der Waals surface area (Å²) in [6.07, 6.45) is 1.71. The van der Waals surface area contributed by atoms with Crippen molar-refractivity contribution in [3.05, 3.63) is 64.3 Å². The summed E-state index contributed by atoms with van der Waals surface area (Å²) in [6.45, 7) is 0. The van der Waals surface area contributed by atoms with Gasteiger partial charge in [-0.25, -0.2) is 0 Å². The molecule has 2 N–H and O–H groups in total. The number of phenols is 1. The number of halogens is 2. The normalized spacial score (nSPS) is 10.7. The third kappa shape index (κ3) is 3.38. The number of aromatic nitrogens is 1. The molecule has 0 unspecified atom stereocenters. The van der Waals surface area contributed by atoms with Gasteiger partial charge < -0.3 is 10.4 Å². The number of hydrogen-bond donors (Lipinski definition) is 2. The number of hydrogen-bond acceptors (Lipinski definition) is 3. The summed E-state index contributed by atoms with van der Waals surface area (Å²) in [4.78, 5) is 16.3. The van der Waals surface area contributed by atoms with E-state index in [4.69, 9.17) is 23.2 Å². The van der Waals surface area contributed by atoms with Crippen LogP contribution in [0.2, 0.25) is 10.0 Å². The molecule has 0 fully saturated rings. The molecule has 1 heterocycles. The first kappa shape index (κ1) is 15.6. The Hall–Kier alpha value is -2.30. The van der Waals surface area contributed by atoms with Crippen molar-refractivity contribution in [3.8, 4) is 5.75 Å². The highest BCUT2D eigenvalue weighted by Crippen LogP contribution is 2.36. The number of benzene rings is 2. The number of carbonyl (C=O) groups is 1. The van der Waals surface area contributed by atoms with E-state index in [1.165, 1.54) is 6.07 Å². The van der Waals surface area contributed by atoms with E-state index in [0.717, 1.165) is 5.56 Å². The molecule has 3 rings (SSSR count). The molecule has 116 valence electrons. The Balaban J connectivity index is 1.85. The largest absolute Gasteiger partial charge is 0.504 e. The molecule has 0 saturated carbocycles. The minimum absolute atomic E-state index is 0.102. The van der Waals surface area contributed by atoms with E-state index in [9.17, 15) is 9.90 Å². The van der Waals surface area contributed by atoms with Gasteiger partial charge in [-0.15, -0.1) is 0 Å². The van der Waals surface area contributed by atoms with Gasteiger partial charge in [0.15, 0.2) is 5.75 Å². The molecule has 0 saturated heterocycles. The second kappa shape index (κ2) is 6.44. The van der Waals surface area contributed by atoms with Crippen LogP contribution < -0.4 is 5.32 Å². The molecule has 4 nitrogen and oxygen atoms in total. The van der Waals surface area contributed by atoms with Crippen LogP contribution in [0.5, 0.6) is 5.75 Å². The molecular weight excluding hydrogens is 335 g/mol. The highest BCUT2D eigenvalue weighted by Gasteiger charge is 2.14. The number of pyridine rings is 1. The zero-order valence-electron chi connectivity index (χ0n) is 11.9. The fraction of sp³-hybridized carbons (Fsp3) is 0.0588. The summed E-state index contributed by atoms with van der Waals surface area (Å²) in [7, 11) is 0. The topological polar surface area (TPSA) is 62.2 Å². The predicted octanol–water partition coefficient (Wildman–Crippen LogP) is 4.43. The van der Waals surface area contributed by atoms with Crippen molar-refractivity contribution in [1.29, 1.82) is 0 Å². The Morgan fingerprint density at radius 2 is 1.91 bits per heavy atom. The first-order valence-electron chi connectivity index (χ1n) is 6.85. The third-order valence-corrected chi connectivity index (χ3v) is 3.93. The lowest BCUT2D eigenvalue weighted by molar-refractivity contribution is -0.115. The van der Waals surface area contributed by atoms with Gasteiger partial charge in [-0.2, -0.15) is 0 Å². The van der Waals surface area contributed by atoms with Crippen molar-refractivity contribution in [2.45, 2.75) is 6.42 Å². The molecule has 0 spiro atoms. The van der Waals surface area contributed by atoms with Crippen LogP contribution in [-0.4, -0.2) is 16.0 Å². The first-order valence-corrected chi connectivity index (χ1v) is 7.60. The fourth-order valence-electron chi connectivity index (χ4n) is 2.26. The third-order valence-electron chi connectivity index (χ3n) is 3.37. The van der Waals surface area contributed by atoms with Gasteiger partial charge >= 0.3 is 0 Å². The number of amides is 1. The van der Waals surface area contributed by atoms with Crippen molar-refractivity contribution in [1.82, 2.24) is 4.98 Å². The molecular formula is C17H12Cl2N2O2. The van der Waals surface area contributed by atoms with Gasteiger partial charge in [-0.1, -0.05) is 35.3 Å². The minimum Gasteiger partial charge on any atom is -0.504 e. The van der Waals surface area contributed by atoms with Crippen LogP contribution in [0.1, 0.15) is 5.56 Å². The SMILES string of the molecule is O=C(Cc1ccc(Cl)cc1)Nc1cc(Cl)c2cccnc2c1O. The lowest BCUT2D eigenvalue weighted by Gasteiger charge is -2.10. The fourth-order valence-corrected chi connectivity index (χ4v) is 2.65. The maximum absolute atomic E-state index is 12.1. The second-order valence-corrected chi connectivity index (χ2v) is 5.85. The maximum atomic E-state index is 12.1. The Bertz CT molecular complexity index is 880. The Morgan fingerprint density at radius 3 is 2.65 bits per heavy atom. The van der Waals surface area contributed by atoms with E-state index < -0.39 is 0 Å². The zero-order valence-corrected chi connectivity index (χ0v) is 13.4. The first-order chi connectivity index (χ1) is 11.0. The maximum Gasteiger partial charge on any atom is 0.228 e. The Morgan fingerprint density at radius 1 is 1.17 bits per heavy atom. The molecule has 1 amide bonds. The number of carbonyl (C=O) groups excluding carboxylic acids is 1. The minimum atomic E-state index is -0.269. The number of fused-ring (bicyclic) bond motifs is 1. The highest BCUT2D eigenvalue weighted by atomic mass is 35.5. The summed E-state index contributed by atoms with van der Waals surface area (Å²) >= 11 is 12.0. The quantitative estimate of drug-likeness (QED) is 0.689. The summed E-state index contributed by atoms with van der Waals surface area (Å²) in [5.74, 6) is -0.372. The van der Waals surface area contributed by atoms with E-state index in [1.807, 2.05) is 0 Å². The average molecular weight is 347 g/mol. The van der Waals surface area contributed by atoms with Crippen LogP contribution in [0.3, 0.4) is 0 Å². The predicted molar refractivity (Wildman–Crippen MR) is 92.2 cm³/mol. The van der Waals surface area contributed by atoms with E-state index in [-0.39, 0.29) is 23.8 Å². The molecule has 6 heteroatoms. The van der Waals surface area contributed by atoms with Gasteiger partial charge in [0.2, 0.25) is 5.91 Å². The van der Waals surface area contributed by atoms with E-state index >= 15 is 0 Å². The Labute approximate surface area is 142 Å². The number of rotatable bonds is 3. The molecule has 0 atom stereocenters. The standard InChI is InChI=1S/C17H12Cl2N2O2/c18-11-5-3-10(4-6-11)8-15(22)21-14-9-13(19)12-2-1-7-20-16(12)17(14)23/h1-7,9,23H,8H2,(H,21,22). The molecule has 2 aromatic carbocycles. The average Bonchev–Trinajstić information content (AvgIpc) is 2.54. The molecule has 0 radical (unpaired) electrons. The number of nitrogens with zero attached hydrogens (tertiary/aromatic N) is 1. The summed E-state index contributed by atoms with van der Waals surface area (Å²) in [5.41, 5.74) is 1.40. The van der Waals surface area contributed by atoms with E-state index in [2.05, 4.69) is 10.3 Å². The van der Waals surface area contributed by atoms with Crippen molar-refractivity contribution in [3.63, 3.8) is 0 Å². The highest BCUT2D eigenvalue weighted by molar-refractivity contribution is 6.36. The number of anilines is 1. The lowest BCUT2D eigenvalue weighted by Crippen LogP contribution is -2.14. The molecule has 0 bridgehead atoms.